The molecule has 1 N–H and O–H groups in total. The van der Waals surface area contributed by atoms with Gasteiger partial charge in [-0.2, -0.15) is 0 Å². The highest BCUT2D eigenvalue weighted by atomic mass is 79.9. The van der Waals surface area contributed by atoms with Gasteiger partial charge in [-0.25, -0.2) is 0 Å². The summed E-state index contributed by atoms with van der Waals surface area (Å²) in [6.45, 7) is 7.96. The number of thioether (sulfide) groups is 1. The average Bonchev–Trinajstić information content (AvgIpc) is 2.63. The molecular weight excluding hydrogens is 436 g/mol. The SMILES string of the molecule is C[C@H](C(=O)NC(C)(C)C)N(Cc1cccc(Br)c1)C(=O)CSc1ccccc1. The number of hydrogen-bond acceptors (Lipinski definition) is 3. The van der Waals surface area contributed by atoms with Gasteiger partial charge in [0.25, 0.3) is 0 Å². The average molecular weight is 463 g/mol. The molecule has 0 aliphatic carbocycles. The molecule has 4 nitrogen and oxygen atoms in total. The number of hydrogen-bond donors (Lipinski definition) is 1. The van der Waals surface area contributed by atoms with Crippen LogP contribution in [0.4, 0.5) is 0 Å². The van der Waals surface area contributed by atoms with E-state index >= 15 is 0 Å². The lowest BCUT2D eigenvalue weighted by Gasteiger charge is -2.31. The standard InChI is InChI=1S/C22H27BrN2O2S/c1-16(21(27)24-22(2,3)4)25(14-17-9-8-10-18(23)13-17)20(26)15-28-19-11-6-5-7-12-19/h5-13,16H,14-15H2,1-4H3,(H,24,27)/t16-/m1/s1. The van der Waals surface area contributed by atoms with Crippen LogP contribution in [0.3, 0.4) is 0 Å². The summed E-state index contributed by atoms with van der Waals surface area (Å²) >= 11 is 4.95. The summed E-state index contributed by atoms with van der Waals surface area (Å²) in [5.74, 6) is 0.0662. The summed E-state index contributed by atoms with van der Waals surface area (Å²) in [6.07, 6.45) is 0. The molecule has 0 aliphatic heterocycles. The Morgan fingerprint density at radius 3 is 2.39 bits per heavy atom. The van der Waals surface area contributed by atoms with Crippen molar-refractivity contribution in [3.8, 4) is 0 Å². The zero-order valence-corrected chi connectivity index (χ0v) is 19.1. The number of nitrogens with zero attached hydrogens (tertiary/aromatic N) is 1. The second-order valence-electron chi connectivity index (χ2n) is 7.67. The molecule has 0 heterocycles. The highest BCUT2D eigenvalue weighted by molar-refractivity contribution is 9.10. The number of carbonyl (C=O) groups is 2. The summed E-state index contributed by atoms with van der Waals surface area (Å²) < 4.78 is 0.947. The fourth-order valence-electron chi connectivity index (χ4n) is 2.63. The molecule has 0 bridgehead atoms. The van der Waals surface area contributed by atoms with Crippen LogP contribution >= 0.6 is 27.7 Å². The van der Waals surface area contributed by atoms with Crippen molar-refractivity contribution in [3.63, 3.8) is 0 Å². The Bertz CT molecular complexity index is 806. The van der Waals surface area contributed by atoms with E-state index in [2.05, 4.69) is 21.2 Å². The molecule has 0 aliphatic rings. The van der Waals surface area contributed by atoms with Crippen LogP contribution in [0.5, 0.6) is 0 Å². The highest BCUT2D eigenvalue weighted by Gasteiger charge is 2.28. The van der Waals surface area contributed by atoms with E-state index in [1.54, 1.807) is 11.8 Å². The number of carbonyl (C=O) groups excluding carboxylic acids is 2. The summed E-state index contributed by atoms with van der Waals surface area (Å²) in [5, 5.41) is 2.98. The van der Waals surface area contributed by atoms with Crippen LogP contribution in [0.2, 0.25) is 0 Å². The Morgan fingerprint density at radius 2 is 1.79 bits per heavy atom. The molecule has 2 aromatic rings. The first-order valence-electron chi connectivity index (χ1n) is 9.19. The molecule has 1 atom stereocenters. The van der Waals surface area contributed by atoms with E-state index in [0.717, 1.165) is 14.9 Å². The quantitative estimate of drug-likeness (QED) is 0.596. The Hall–Kier alpha value is -1.79. The number of rotatable bonds is 7. The predicted octanol–water partition coefficient (Wildman–Crippen LogP) is 4.87. The summed E-state index contributed by atoms with van der Waals surface area (Å²) in [5.41, 5.74) is 0.622. The van der Waals surface area contributed by atoms with Crippen molar-refractivity contribution in [3.05, 3.63) is 64.6 Å². The maximum Gasteiger partial charge on any atom is 0.242 e. The van der Waals surface area contributed by atoms with E-state index < -0.39 is 6.04 Å². The van der Waals surface area contributed by atoms with Crippen molar-refractivity contribution in [1.29, 1.82) is 0 Å². The first kappa shape index (κ1) is 22.5. The fraction of sp³-hybridized carbons (Fsp3) is 0.364. The van der Waals surface area contributed by atoms with Crippen molar-refractivity contribution >= 4 is 39.5 Å². The van der Waals surface area contributed by atoms with E-state index in [1.165, 1.54) is 11.8 Å². The molecule has 0 saturated heterocycles. The van der Waals surface area contributed by atoms with Gasteiger partial charge in [0.05, 0.1) is 5.75 Å². The third-order valence-corrected chi connectivity index (χ3v) is 5.50. The van der Waals surface area contributed by atoms with Crippen molar-refractivity contribution in [2.24, 2.45) is 0 Å². The zero-order valence-electron chi connectivity index (χ0n) is 16.7. The highest BCUT2D eigenvalue weighted by Crippen LogP contribution is 2.20. The van der Waals surface area contributed by atoms with Crippen LogP contribution in [-0.2, 0) is 16.1 Å². The number of benzene rings is 2. The summed E-state index contributed by atoms with van der Waals surface area (Å²) in [6, 6.07) is 17.0. The van der Waals surface area contributed by atoms with Gasteiger partial charge in [0.2, 0.25) is 11.8 Å². The van der Waals surface area contributed by atoms with Gasteiger partial charge < -0.3 is 10.2 Å². The largest absolute Gasteiger partial charge is 0.350 e. The van der Waals surface area contributed by atoms with Crippen LogP contribution in [0, 0.1) is 0 Å². The molecular formula is C22H27BrN2O2S. The van der Waals surface area contributed by atoms with Crippen LogP contribution in [-0.4, -0.2) is 34.0 Å². The van der Waals surface area contributed by atoms with Crippen molar-refractivity contribution in [1.82, 2.24) is 10.2 Å². The Morgan fingerprint density at radius 1 is 1.11 bits per heavy atom. The minimum atomic E-state index is -0.568. The fourth-order valence-corrected chi connectivity index (χ4v) is 3.89. The van der Waals surface area contributed by atoms with Gasteiger partial charge >= 0.3 is 0 Å². The molecule has 0 fully saturated rings. The first-order chi connectivity index (χ1) is 13.2. The van der Waals surface area contributed by atoms with E-state index in [4.69, 9.17) is 0 Å². The molecule has 0 saturated carbocycles. The van der Waals surface area contributed by atoms with E-state index in [-0.39, 0.29) is 23.1 Å². The minimum absolute atomic E-state index is 0.0645. The van der Waals surface area contributed by atoms with Crippen molar-refractivity contribution in [2.45, 2.75) is 50.7 Å². The second kappa shape index (κ2) is 10.1. The van der Waals surface area contributed by atoms with Gasteiger partial charge in [0.1, 0.15) is 6.04 Å². The molecule has 2 aromatic carbocycles. The summed E-state index contributed by atoms with van der Waals surface area (Å²) in [4.78, 5) is 28.4. The van der Waals surface area contributed by atoms with Crippen LogP contribution in [0.15, 0.2) is 64.0 Å². The van der Waals surface area contributed by atoms with Crippen LogP contribution in [0.25, 0.3) is 0 Å². The van der Waals surface area contributed by atoms with Gasteiger partial charge in [0.15, 0.2) is 0 Å². The van der Waals surface area contributed by atoms with Crippen molar-refractivity contribution < 1.29 is 9.59 Å². The Labute approximate surface area is 180 Å². The number of nitrogens with one attached hydrogen (secondary N) is 1. The molecule has 0 radical (unpaired) electrons. The van der Waals surface area contributed by atoms with Gasteiger partial charge in [-0.1, -0.05) is 46.3 Å². The van der Waals surface area contributed by atoms with Gasteiger partial charge in [0, 0.05) is 21.5 Å². The number of amides is 2. The Balaban J connectivity index is 2.16. The number of halogens is 1. The third-order valence-electron chi connectivity index (χ3n) is 4.01. The molecule has 150 valence electrons. The van der Waals surface area contributed by atoms with Crippen LogP contribution < -0.4 is 5.32 Å². The Kier molecular flexibility index (Phi) is 8.13. The summed E-state index contributed by atoms with van der Waals surface area (Å²) in [7, 11) is 0. The lowest BCUT2D eigenvalue weighted by atomic mass is 10.1. The van der Waals surface area contributed by atoms with E-state index in [1.807, 2.05) is 75.4 Å². The van der Waals surface area contributed by atoms with E-state index in [9.17, 15) is 9.59 Å². The molecule has 28 heavy (non-hydrogen) atoms. The smallest absolute Gasteiger partial charge is 0.242 e. The van der Waals surface area contributed by atoms with Gasteiger partial charge in [-0.3, -0.25) is 9.59 Å². The molecule has 2 rings (SSSR count). The zero-order chi connectivity index (χ0) is 20.7. The lowest BCUT2D eigenvalue weighted by molar-refractivity contribution is -0.139. The first-order valence-corrected chi connectivity index (χ1v) is 11.0. The maximum absolute atomic E-state index is 13.0. The maximum atomic E-state index is 13.0. The molecule has 6 heteroatoms. The van der Waals surface area contributed by atoms with Crippen molar-refractivity contribution in [2.75, 3.05) is 5.75 Å². The lowest BCUT2D eigenvalue weighted by Crippen LogP contribution is -2.52. The predicted molar refractivity (Wildman–Crippen MR) is 119 cm³/mol. The molecule has 2 amide bonds. The molecule has 0 unspecified atom stereocenters. The molecule has 0 spiro atoms. The van der Waals surface area contributed by atoms with Gasteiger partial charge in [-0.05, 0) is 57.5 Å². The topological polar surface area (TPSA) is 49.4 Å². The van der Waals surface area contributed by atoms with Gasteiger partial charge in [-0.15, -0.1) is 11.8 Å². The normalized spacial score (nSPS) is 12.3. The van der Waals surface area contributed by atoms with Crippen LogP contribution in [0.1, 0.15) is 33.3 Å². The monoisotopic (exact) mass is 462 g/mol. The second-order valence-corrected chi connectivity index (χ2v) is 9.63. The van der Waals surface area contributed by atoms with E-state index in [0.29, 0.717) is 6.54 Å². The molecule has 0 aromatic heterocycles. The third kappa shape index (κ3) is 7.32. The minimum Gasteiger partial charge on any atom is -0.350 e.